The number of aliphatic hydroxyl groups is 2. The summed E-state index contributed by atoms with van der Waals surface area (Å²) >= 11 is 0. The summed E-state index contributed by atoms with van der Waals surface area (Å²) in [4.78, 5) is 18.6. The minimum absolute atomic E-state index is 0.0948. The van der Waals surface area contributed by atoms with Crippen molar-refractivity contribution >= 4 is 23.6 Å². The Labute approximate surface area is 108 Å². The number of aromatic nitrogens is 2. The Morgan fingerprint density at radius 1 is 1.47 bits per heavy atom. The minimum Gasteiger partial charge on any atom is -0.394 e. The van der Waals surface area contributed by atoms with Gasteiger partial charge in [0, 0.05) is 0 Å². The molecule has 1 fully saturated rings. The summed E-state index contributed by atoms with van der Waals surface area (Å²) in [7, 11) is 0. The first-order chi connectivity index (χ1) is 9.08. The molecule has 2 heterocycles. The van der Waals surface area contributed by atoms with E-state index < -0.39 is 31.0 Å². The van der Waals surface area contributed by atoms with Crippen LogP contribution in [0.4, 0.5) is 17.3 Å². The Morgan fingerprint density at radius 3 is 2.84 bits per heavy atom. The quantitative estimate of drug-likeness (QED) is 0.388. The summed E-state index contributed by atoms with van der Waals surface area (Å²) in [5.74, 6) is -0.541. The third kappa shape index (κ3) is 2.43. The zero-order chi connectivity index (χ0) is 14.0. The van der Waals surface area contributed by atoms with Gasteiger partial charge in [0.1, 0.15) is 30.6 Å². The highest BCUT2D eigenvalue weighted by Gasteiger charge is 2.43. The van der Waals surface area contributed by atoms with E-state index in [9.17, 15) is 9.90 Å². The smallest absolute Gasteiger partial charge is 0.156 e. The maximum atomic E-state index is 11.0. The van der Waals surface area contributed by atoms with Crippen LogP contribution < -0.4 is 16.8 Å². The molecule has 0 spiro atoms. The number of nitrogens with one attached hydrogen (secondary N) is 1. The van der Waals surface area contributed by atoms with Crippen LogP contribution in [0.25, 0.3) is 0 Å². The largest absolute Gasteiger partial charge is 0.394 e. The maximum Gasteiger partial charge on any atom is 0.156 e. The predicted molar refractivity (Wildman–Crippen MR) is 65.8 cm³/mol. The molecule has 0 saturated carbocycles. The molecule has 4 atom stereocenters. The molecule has 19 heavy (non-hydrogen) atoms. The van der Waals surface area contributed by atoms with Gasteiger partial charge in [0.15, 0.2) is 11.6 Å². The lowest BCUT2D eigenvalue weighted by Crippen LogP contribution is -2.33. The summed E-state index contributed by atoms with van der Waals surface area (Å²) in [6.45, 7) is -0.398. The molecular formula is C10H15N5O4. The number of nitrogens with two attached hydrogens (primary N) is 2. The highest BCUT2D eigenvalue weighted by atomic mass is 16.5. The Bertz CT molecular complexity index is 471. The molecule has 0 aliphatic carbocycles. The van der Waals surface area contributed by atoms with Crippen LogP contribution in [0.3, 0.4) is 0 Å². The normalized spacial score (nSPS) is 30.2. The number of nitrogens with zero attached hydrogens (tertiary/aromatic N) is 2. The number of anilines is 3. The van der Waals surface area contributed by atoms with Gasteiger partial charge >= 0.3 is 0 Å². The van der Waals surface area contributed by atoms with Crippen LogP contribution in [0.15, 0.2) is 6.33 Å². The molecule has 0 bridgehead atoms. The molecule has 1 aliphatic heterocycles. The number of rotatable bonds is 4. The van der Waals surface area contributed by atoms with E-state index in [0.717, 1.165) is 0 Å². The first-order valence-electron chi connectivity index (χ1n) is 5.60. The number of aliphatic hydroxyl groups excluding tert-OH is 2. The van der Waals surface area contributed by atoms with Gasteiger partial charge in [-0.15, -0.1) is 0 Å². The second-order valence-electron chi connectivity index (χ2n) is 4.15. The molecule has 9 heteroatoms. The lowest BCUT2D eigenvalue weighted by molar-refractivity contribution is -0.114. The second-order valence-corrected chi connectivity index (χ2v) is 4.15. The fourth-order valence-electron chi connectivity index (χ4n) is 1.88. The number of nitrogen functional groups attached to an aromatic ring is 2. The van der Waals surface area contributed by atoms with E-state index >= 15 is 0 Å². The van der Waals surface area contributed by atoms with Crippen LogP contribution in [0.2, 0.25) is 0 Å². The van der Waals surface area contributed by atoms with Crippen molar-refractivity contribution in [3.63, 3.8) is 0 Å². The van der Waals surface area contributed by atoms with Crippen molar-refractivity contribution in [1.29, 1.82) is 0 Å². The van der Waals surface area contributed by atoms with Crippen molar-refractivity contribution in [3.05, 3.63) is 6.33 Å². The zero-order valence-electron chi connectivity index (χ0n) is 9.93. The first kappa shape index (κ1) is 13.5. The molecule has 1 aromatic rings. The number of aldehydes is 1. The molecule has 0 radical (unpaired) electrons. The summed E-state index contributed by atoms with van der Waals surface area (Å²) < 4.78 is 5.33. The number of hydrogen-bond acceptors (Lipinski definition) is 9. The molecule has 0 aromatic carbocycles. The van der Waals surface area contributed by atoms with E-state index in [1.54, 1.807) is 0 Å². The Hall–Kier alpha value is -1.97. The number of carbonyl (C=O) groups is 1. The fourth-order valence-corrected chi connectivity index (χ4v) is 1.88. The molecule has 0 amide bonds. The van der Waals surface area contributed by atoms with Gasteiger partial charge in [-0.25, -0.2) is 9.97 Å². The zero-order valence-corrected chi connectivity index (χ0v) is 9.93. The second kappa shape index (κ2) is 5.34. The van der Waals surface area contributed by atoms with E-state index in [2.05, 4.69) is 15.3 Å². The molecule has 1 aromatic heterocycles. The van der Waals surface area contributed by atoms with Crippen LogP contribution in [-0.2, 0) is 9.53 Å². The Morgan fingerprint density at radius 2 is 2.21 bits per heavy atom. The van der Waals surface area contributed by atoms with Gasteiger partial charge in [-0.05, 0) is 0 Å². The van der Waals surface area contributed by atoms with E-state index in [4.69, 9.17) is 21.3 Å². The summed E-state index contributed by atoms with van der Waals surface area (Å²) in [6, 6.07) is 0. The summed E-state index contributed by atoms with van der Waals surface area (Å²) in [5.41, 5.74) is 11.3. The standard InChI is InChI=1S/C10H15N5O4/c11-6-8(12)13-3-14-9(6)15-10-4(1-16)7(18)5(2-17)19-10/h1,3-5,7,10,17-18H,2,11H2,(H3,12,13,14,15)/t4-,5-,7+,10-/m1/s1. The predicted octanol–water partition coefficient (Wildman–Crippen LogP) is -2.05. The number of hydrogen-bond donors (Lipinski definition) is 5. The SMILES string of the molecule is Nc1ncnc(N[C@@H]2O[C@H](CO)[C@@H](O)[C@H]2C=O)c1N. The van der Waals surface area contributed by atoms with Crippen molar-refractivity contribution in [2.24, 2.45) is 5.92 Å². The highest BCUT2D eigenvalue weighted by Crippen LogP contribution is 2.28. The van der Waals surface area contributed by atoms with Crippen molar-refractivity contribution in [1.82, 2.24) is 9.97 Å². The van der Waals surface area contributed by atoms with Crippen molar-refractivity contribution in [2.75, 3.05) is 23.4 Å². The summed E-state index contributed by atoms with van der Waals surface area (Å²) in [6.07, 6.45) is -1.02. The van der Waals surface area contributed by atoms with Crippen LogP contribution in [0.5, 0.6) is 0 Å². The molecule has 0 unspecified atom stereocenters. The molecule has 104 valence electrons. The first-order valence-corrected chi connectivity index (χ1v) is 5.60. The van der Waals surface area contributed by atoms with Gasteiger partial charge in [-0.2, -0.15) is 0 Å². The van der Waals surface area contributed by atoms with Gasteiger partial charge < -0.3 is 36.5 Å². The summed E-state index contributed by atoms with van der Waals surface area (Å²) in [5, 5.41) is 21.6. The van der Waals surface area contributed by atoms with Crippen molar-refractivity contribution in [3.8, 4) is 0 Å². The van der Waals surface area contributed by atoms with Gasteiger partial charge in [0.25, 0.3) is 0 Å². The van der Waals surface area contributed by atoms with Crippen LogP contribution in [0.1, 0.15) is 0 Å². The maximum absolute atomic E-state index is 11.0. The average molecular weight is 269 g/mol. The van der Waals surface area contributed by atoms with Crippen LogP contribution in [0, 0.1) is 5.92 Å². The highest BCUT2D eigenvalue weighted by molar-refractivity contribution is 5.72. The Balaban J connectivity index is 2.18. The average Bonchev–Trinajstić information content (AvgIpc) is 2.70. The third-order valence-electron chi connectivity index (χ3n) is 2.98. The number of carbonyl (C=O) groups excluding carboxylic acids is 1. The fraction of sp³-hybridized carbons (Fsp3) is 0.500. The van der Waals surface area contributed by atoms with Crippen LogP contribution in [-0.4, -0.2) is 51.5 Å². The molecule has 7 N–H and O–H groups in total. The van der Waals surface area contributed by atoms with E-state index in [-0.39, 0.29) is 17.3 Å². The number of ether oxygens (including phenoxy) is 1. The van der Waals surface area contributed by atoms with E-state index in [1.807, 2.05) is 0 Å². The molecule has 2 rings (SSSR count). The van der Waals surface area contributed by atoms with Crippen LogP contribution >= 0.6 is 0 Å². The lowest BCUT2D eigenvalue weighted by Gasteiger charge is -2.18. The topological polar surface area (TPSA) is 157 Å². The third-order valence-corrected chi connectivity index (χ3v) is 2.98. The molecule has 9 nitrogen and oxygen atoms in total. The van der Waals surface area contributed by atoms with Crippen molar-refractivity contribution < 1.29 is 19.7 Å². The molecule has 1 saturated heterocycles. The van der Waals surface area contributed by atoms with E-state index in [0.29, 0.717) is 6.29 Å². The molecule has 1 aliphatic rings. The van der Waals surface area contributed by atoms with Gasteiger partial charge in [0.2, 0.25) is 0 Å². The monoisotopic (exact) mass is 269 g/mol. The van der Waals surface area contributed by atoms with Gasteiger partial charge in [-0.3, -0.25) is 0 Å². The lowest BCUT2D eigenvalue weighted by atomic mass is 10.0. The Kier molecular flexibility index (Phi) is 3.79. The van der Waals surface area contributed by atoms with Crippen molar-refractivity contribution in [2.45, 2.75) is 18.4 Å². The molecular weight excluding hydrogens is 254 g/mol. The van der Waals surface area contributed by atoms with Gasteiger partial charge in [0.05, 0.1) is 18.6 Å². The minimum atomic E-state index is -1.10. The van der Waals surface area contributed by atoms with Gasteiger partial charge in [-0.1, -0.05) is 0 Å². The van der Waals surface area contributed by atoms with E-state index in [1.165, 1.54) is 6.33 Å².